The van der Waals surface area contributed by atoms with Gasteiger partial charge in [-0.25, -0.2) is 0 Å². The predicted molar refractivity (Wildman–Crippen MR) is 76.6 cm³/mol. The molecule has 1 aromatic carbocycles. The Balaban J connectivity index is 2.12. The first-order valence-electron chi connectivity index (χ1n) is 6.59. The quantitative estimate of drug-likeness (QED) is 0.770. The zero-order valence-electron chi connectivity index (χ0n) is 11.6. The number of carbonyl (C=O) groups excluding carboxylic acids is 2. The summed E-state index contributed by atoms with van der Waals surface area (Å²) >= 11 is 0. The summed E-state index contributed by atoms with van der Waals surface area (Å²) in [4.78, 5) is 23.4. The van der Waals surface area contributed by atoms with Crippen LogP contribution in [0.2, 0.25) is 0 Å². The summed E-state index contributed by atoms with van der Waals surface area (Å²) in [5.74, 6) is 0.202. The van der Waals surface area contributed by atoms with Crippen LogP contribution in [0.15, 0.2) is 18.2 Å². The fraction of sp³-hybridized carbons (Fsp3) is 0.429. The van der Waals surface area contributed by atoms with Crippen LogP contribution >= 0.6 is 0 Å². The maximum atomic E-state index is 12.1. The molecule has 0 aliphatic carbocycles. The second kappa shape index (κ2) is 5.92. The molecule has 1 atom stereocenters. The average molecular weight is 277 g/mol. The summed E-state index contributed by atoms with van der Waals surface area (Å²) in [7, 11) is 0. The third-order valence-electron chi connectivity index (χ3n) is 3.28. The first-order chi connectivity index (χ1) is 9.51. The molecule has 1 aliphatic heterocycles. The Morgan fingerprint density at radius 2 is 2.25 bits per heavy atom. The summed E-state index contributed by atoms with van der Waals surface area (Å²) in [6, 6.07) is 5.14. The van der Waals surface area contributed by atoms with Gasteiger partial charge in [-0.2, -0.15) is 0 Å². The van der Waals surface area contributed by atoms with Gasteiger partial charge in [0, 0.05) is 12.2 Å². The van der Waals surface area contributed by atoms with E-state index in [1.807, 2.05) is 13.8 Å². The van der Waals surface area contributed by atoms with Crippen molar-refractivity contribution in [2.24, 2.45) is 17.6 Å². The fourth-order valence-corrected chi connectivity index (χ4v) is 2.08. The molecule has 4 N–H and O–H groups in total. The Morgan fingerprint density at radius 1 is 1.50 bits per heavy atom. The normalized spacial score (nSPS) is 15.1. The SMILES string of the molecule is CC(C)C(CN)C(=O)Nc1ccc2c(c1)NC(=O)CO2. The van der Waals surface area contributed by atoms with Crippen molar-refractivity contribution < 1.29 is 14.3 Å². The Bertz CT molecular complexity index is 528. The lowest BCUT2D eigenvalue weighted by molar-refractivity contribution is -0.121. The minimum Gasteiger partial charge on any atom is -0.482 e. The van der Waals surface area contributed by atoms with Crippen molar-refractivity contribution >= 4 is 23.2 Å². The van der Waals surface area contributed by atoms with Crippen molar-refractivity contribution in [1.82, 2.24) is 0 Å². The molecule has 1 heterocycles. The largest absolute Gasteiger partial charge is 0.482 e. The summed E-state index contributed by atoms with van der Waals surface area (Å²) in [6.45, 7) is 4.23. The smallest absolute Gasteiger partial charge is 0.262 e. The lowest BCUT2D eigenvalue weighted by Crippen LogP contribution is -2.33. The first-order valence-corrected chi connectivity index (χ1v) is 6.59. The molecule has 1 unspecified atom stereocenters. The highest BCUT2D eigenvalue weighted by atomic mass is 16.5. The minimum absolute atomic E-state index is 0.0152. The molecule has 0 bridgehead atoms. The number of ether oxygens (including phenoxy) is 1. The van der Waals surface area contributed by atoms with Gasteiger partial charge in [-0.3, -0.25) is 9.59 Å². The van der Waals surface area contributed by atoms with E-state index in [4.69, 9.17) is 10.5 Å². The third-order valence-corrected chi connectivity index (χ3v) is 3.28. The molecule has 0 saturated carbocycles. The third kappa shape index (κ3) is 3.08. The number of rotatable bonds is 4. The van der Waals surface area contributed by atoms with Crippen LogP contribution in [0.1, 0.15) is 13.8 Å². The molecule has 108 valence electrons. The molecule has 6 nitrogen and oxygen atoms in total. The molecular formula is C14H19N3O3. The van der Waals surface area contributed by atoms with Gasteiger partial charge in [-0.05, 0) is 24.1 Å². The van der Waals surface area contributed by atoms with Crippen LogP contribution in [-0.2, 0) is 9.59 Å². The Kier molecular flexibility index (Phi) is 4.24. The van der Waals surface area contributed by atoms with E-state index in [0.29, 0.717) is 23.7 Å². The second-order valence-corrected chi connectivity index (χ2v) is 5.12. The Labute approximate surface area is 117 Å². The van der Waals surface area contributed by atoms with Gasteiger partial charge >= 0.3 is 0 Å². The molecule has 20 heavy (non-hydrogen) atoms. The molecule has 0 aromatic heterocycles. The molecule has 0 spiro atoms. The van der Waals surface area contributed by atoms with Gasteiger partial charge in [-0.15, -0.1) is 0 Å². The molecule has 1 aromatic rings. The highest BCUT2D eigenvalue weighted by Gasteiger charge is 2.21. The Hall–Kier alpha value is -2.08. The number of anilines is 2. The lowest BCUT2D eigenvalue weighted by atomic mass is 9.95. The summed E-state index contributed by atoms with van der Waals surface area (Å²) in [6.07, 6.45) is 0. The minimum atomic E-state index is -0.239. The first kappa shape index (κ1) is 14.3. The molecule has 6 heteroatoms. The standard InChI is InChI=1S/C14H19N3O3/c1-8(2)10(6-15)14(19)16-9-3-4-12-11(5-9)17-13(18)7-20-12/h3-5,8,10H,6-7,15H2,1-2H3,(H,16,19)(H,17,18). The number of benzene rings is 1. The fourth-order valence-electron chi connectivity index (χ4n) is 2.08. The van der Waals surface area contributed by atoms with E-state index in [0.717, 1.165) is 0 Å². The van der Waals surface area contributed by atoms with Gasteiger partial charge in [0.2, 0.25) is 5.91 Å². The van der Waals surface area contributed by atoms with Crippen LogP contribution in [-0.4, -0.2) is 25.0 Å². The summed E-state index contributed by atoms with van der Waals surface area (Å²) in [5, 5.41) is 5.51. The van der Waals surface area contributed by atoms with E-state index in [9.17, 15) is 9.59 Å². The monoisotopic (exact) mass is 277 g/mol. The highest BCUT2D eigenvalue weighted by molar-refractivity contribution is 5.98. The molecule has 0 radical (unpaired) electrons. The topological polar surface area (TPSA) is 93.5 Å². The number of fused-ring (bicyclic) bond motifs is 1. The molecule has 1 aliphatic rings. The van der Waals surface area contributed by atoms with E-state index in [1.54, 1.807) is 18.2 Å². The van der Waals surface area contributed by atoms with Crippen molar-refractivity contribution in [2.45, 2.75) is 13.8 Å². The maximum Gasteiger partial charge on any atom is 0.262 e. The number of nitrogens with one attached hydrogen (secondary N) is 2. The Morgan fingerprint density at radius 3 is 2.90 bits per heavy atom. The highest BCUT2D eigenvalue weighted by Crippen LogP contribution is 2.30. The van der Waals surface area contributed by atoms with Crippen LogP contribution in [0.4, 0.5) is 11.4 Å². The van der Waals surface area contributed by atoms with Gasteiger partial charge in [0.1, 0.15) is 5.75 Å². The number of carbonyl (C=O) groups is 2. The predicted octanol–water partition coefficient (Wildman–Crippen LogP) is 1.19. The van der Waals surface area contributed by atoms with Gasteiger partial charge < -0.3 is 21.1 Å². The van der Waals surface area contributed by atoms with E-state index in [2.05, 4.69) is 10.6 Å². The van der Waals surface area contributed by atoms with Gasteiger partial charge in [0.25, 0.3) is 5.91 Å². The van der Waals surface area contributed by atoms with Gasteiger partial charge in [0.15, 0.2) is 6.61 Å². The number of hydrogen-bond acceptors (Lipinski definition) is 4. The molecule has 2 amide bonds. The van der Waals surface area contributed by atoms with Crippen LogP contribution in [0, 0.1) is 11.8 Å². The molecule has 0 saturated heterocycles. The number of nitrogens with two attached hydrogens (primary N) is 1. The van der Waals surface area contributed by atoms with E-state index in [-0.39, 0.29) is 30.3 Å². The molecular weight excluding hydrogens is 258 g/mol. The van der Waals surface area contributed by atoms with Crippen molar-refractivity contribution in [2.75, 3.05) is 23.8 Å². The summed E-state index contributed by atoms with van der Waals surface area (Å²) in [5.41, 5.74) is 6.79. The van der Waals surface area contributed by atoms with Gasteiger partial charge in [-0.1, -0.05) is 13.8 Å². The van der Waals surface area contributed by atoms with Crippen molar-refractivity contribution in [3.63, 3.8) is 0 Å². The summed E-state index contributed by atoms with van der Waals surface area (Å²) < 4.78 is 5.26. The van der Waals surface area contributed by atoms with Crippen molar-refractivity contribution in [3.05, 3.63) is 18.2 Å². The molecule has 2 rings (SSSR count). The molecule has 0 fully saturated rings. The van der Waals surface area contributed by atoms with Crippen LogP contribution in [0.5, 0.6) is 5.75 Å². The number of hydrogen-bond donors (Lipinski definition) is 3. The zero-order chi connectivity index (χ0) is 14.7. The van der Waals surface area contributed by atoms with E-state index < -0.39 is 0 Å². The van der Waals surface area contributed by atoms with Crippen molar-refractivity contribution in [3.8, 4) is 5.75 Å². The van der Waals surface area contributed by atoms with E-state index >= 15 is 0 Å². The van der Waals surface area contributed by atoms with Crippen LogP contribution < -0.4 is 21.1 Å². The maximum absolute atomic E-state index is 12.1. The average Bonchev–Trinajstić information content (AvgIpc) is 2.38. The van der Waals surface area contributed by atoms with E-state index in [1.165, 1.54) is 0 Å². The second-order valence-electron chi connectivity index (χ2n) is 5.12. The zero-order valence-corrected chi connectivity index (χ0v) is 11.6. The van der Waals surface area contributed by atoms with Crippen LogP contribution in [0.3, 0.4) is 0 Å². The van der Waals surface area contributed by atoms with Gasteiger partial charge in [0.05, 0.1) is 11.6 Å². The number of amides is 2. The lowest BCUT2D eigenvalue weighted by Gasteiger charge is -2.21. The van der Waals surface area contributed by atoms with Crippen LogP contribution in [0.25, 0.3) is 0 Å². The van der Waals surface area contributed by atoms with Crippen molar-refractivity contribution in [1.29, 1.82) is 0 Å².